The van der Waals surface area contributed by atoms with Crippen molar-refractivity contribution < 1.29 is 19.4 Å². The van der Waals surface area contributed by atoms with E-state index in [1.54, 1.807) is 0 Å². The van der Waals surface area contributed by atoms with Gasteiger partial charge in [0.2, 0.25) is 0 Å². The summed E-state index contributed by atoms with van der Waals surface area (Å²) in [5.41, 5.74) is 0.931. The van der Waals surface area contributed by atoms with Crippen LogP contribution < -0.4 is 5.32 Å². The van der Waals surface area contributed by atoms with Crippen LogP contribution in [0.4, 0.5) is 4.79 Å². The highest BCUT2D eigenvalue weighted by Crippen LogP contribution is 2.08. The Labute approximate surface area is 106 Å². The summed E-state index contributed by atoms with van der Waals surface area (Å²) in [4.78, 5) is 11.5. The number of rotatable bonds is 3. The minimum atomic E-state index is -0.664. The average Bonchev–Trinajstić information content (AvgIpc) is 2.40. The molecule has 1 aromatic rings. The molecule has 1 fully saturated rings. The number of carbonyl (C=O) groups is 1. The SMILES string of the molecule is O=C(NC1CCOCC1O)OCc1ccccc1. The maximum Gasteiger partial charge on any atom is 0.407 e. The van der Waals surface area contributed by atoms with E-state index in [-0.39, 0.29) is 19.3 Å². The summed E-state index contributed by atoms with van der Waals surface area (Å²) in [6.07, 6.45) is -0.574. The molecule has 2 atom stereocenters. The minimum Gasteiger partial charge on any atom is -0.445 e. The summed E-state index contributed by atoms with van der Waals surface area (Å²) in [5, 5.41) is 12.3. The fraction of sp³-hybridized carbons (Fsp3) is 0.462. The summed E-state index contributed by atoms with van der Waals surface area (Å²) < 4.78 is 10.2. The molecule has 1 saturated heterocycles. The summed E-state index contributed by atoms with van der Waals surface area (Å²) in [6.45, 7) is 1.02. The van der Waals surface area contributed by atoms with Crippen molar-refractivity contribution >= 4 is 6.09 Å². The summed E-state index contributed by atoms with van der Waals surface area (Å²) >= 11 is 0. The van der Waals surface area contributed by atoms with Gasteiger partial charge in [0.1, 0.15) is 6.61 Å². The molecule has 1 aliphatic rings. The lowest BCUT2D eigenvalue weighted by Gasteiger charge is -2.27. The number of hydrogen-bond acceptors (Lipinski definition) is 4. The van der Waals surface area contributed by atoms with Crippen LogP contribution in [0.25, 0.3) is 0 Å². The lowest BCUT2D eigenvalue weighted by Crippen LogP contribution is -2.48. The third-order valence-electron chi connectivity index (χ3n) is 2.84. The van der Waals surface area contributed by atoms with Crippen molar-refractivity contribution in [2.45, 2.75) is 25.2 Å². The van der Waals surface area contributed by atoms with Crippen LogP contribution >= 0.6 is 0 Å². The summed E-state index contributed by atoms with van der Waals surface area (Å²) in [6, 6.07) is 9.16. The first kappa shape index (κ1) is 12.9. The molecular weight excluding hydrogens is 234 g/mol. The Bertz CT molecular complexity index is 382. The zero-order chi connectivity index (χ0) is 12.8. The molecule has 1 heterocycles. The Morgan fingerprint density at radius 1 is 1.44 bits per heavy atom. The van der Waals surface area contributed by atoms with Crippen LogP contribution in [-0.2, 0) is 16.1 Å². The fourth-order valence-electron chi connectivity index (χ4n) is 1.81. The largest absolute Gasteiger partial charge is 0.445 e. The monoisotopic (exact) mass is 251 g/mol. The van der Waals surface area contributed by atoms with Crippen LogP contribution in [0.2, 0.25) is 0 Å². The van der Waals surface area contributed by atoms with E-state index in [0.717, 1.165) is 5.56 Å². The van der Waals surface area contributed by atoms with Gasteiger partial charge < -0.3 is 19.9 Å². The van der Waals surface area contributed by atoms with Gasteiger partial charge in [-0.3, -0.25) is 0 Å². The smallest absolute Gasteiger partial charge is 0.407 e. The van der Waals surface area contributed by atoms with Gasteiger partial charge in [0.15, 0.2) is 0 Å². The molecule has 18 heavy (non-hydrogen) atoms. The summed E-state index contributed by atoms with van der Waals surface area (Å²) in [7, 11) is 0. The Hall–Kier alpha value is -1.59. The fourth-order valence-corrected chi connectivity index (χ4v) is 1.81. The molecule has 2 unspecified atom stereocenters. The van der Waals surface area contributed by atoms with E-state index in [4.69, 9.17) is 9.47 Å². The van der Waals surface area contributed by atoms with Gasteiger partial charge in [-0.15, -0.1) is 0 Å². The van der Waals surface area contributed by atoms with Crippen molar-refractivity contribution in [1.82, 2.24) is 5.32 Å². The average molecular weight is 251 g/mol. The van der Waals surface area contributed by atoms with E-state index >= 15 is 0 Å². The third-order valence-corrected chi connectivity index (χ3v) is 2.84. The zero-order valence-corrected chi connectivity index (χ0v) is 10.0. The van der Waals surface area contributed by atoms with E-state index in [2.05, 4.69) is 5.32 Å². The van der Waals surface area contributed by atoms with Crippen molar-refractivity contribution in [2.75, 3.05) is 13.2 Å². The summed E-state index contributed by atoms with van der Waals surface area (Å²) in [5.74, 6) is 0. The Balaban J connectivity index is 1.75. The first-order chi connectivity index (χ1) is 8.75. The van der Waals surface area contributed by atoms with Crippen molar-refractivity contribution in [1.29, 1.82) is 0 Å². The van der Waals surface area contributed by atoms with Crippen LogP contribution in [0, 0.1) is 0 Å². The highest BCUT2D eigenvalue weighted by atomic mass is 16.5. The van der Waals surface area contributed by atoms with Crippen LogP contribution in [0.3, 0.4) is 0 Å². The molecule has 0 aromatic heterocycles. The molecule has 5 nitrogen and oxygen atoms in total. The van der Waals surface area contributed by atoms with E-state index in [1.165, 1.54) is 0 Å². The van der Waals surface area contributed by atoms with E-state index in [9.17, 15) is 9.90 Å². The number of amides is 1. The lowest BCUT2D eigenvalue weighted by atomic mass is 10.1. The van der Waals surface area contributed by atoms with Gasteiger partial charge in [-0.1, -0.05) is 30.3 Å². The van der Waals surface area contributed by atoms with Gasteiger partial charge in [0.25, 0.3) is 0 Å². The zero-order valence-electron chi connectivity index (χ0n) is 10.0. The number of aliphatic hydroxyl groups is 1. The first-order valence-corrected chi connectivity index (χ1v) is 5.99. The van der Waals surface area contributed by atoms with Crippen LogP contribution in [0.5, 0.6) is 0 Å². The highest BCUT2D eigenvalue weighted by Gasteiger charge is 2.25. The van der Waals surface area contributed by atoms with E-state index in [1.807, 2.05) is 30.3 Å². The topological polar surface area (TPSA) is 67.8 Å². The standard InChI is InChI=1S/C13H17NO4/c15-12-9-17-7-6-11(12)14-13(16)18-8-10-4-2-1-3-5-10/h1-5,11-12,15H,6-9H2,(H,14,16). The molecule has 1 amide bonds. The molecule has 0 radical (unpaired) electrons. The van der Waals surface area contributed by atoms with Crippen molar-refractivity contribution in [2.24, 2.45) is 0 Å². The van der Waals surface area contributed by atoms with Gasteiger partial charge in [-0.25, -0.2) is 4.79 Å². The van der Waals surface area contributed by atoms with Crippen LogP contribution in [-0.4, -0.2) is 36.6 Å². The van der Waals surface area contributed by atoms with Gasteiger partial charge in [-0.05, 0) is 12.0 Å². The minimum absolute atomic E-state index is 0.228. The second-order valence-corrected chi connectivity index (χ2v) is 4.24. The molecule has 5 heteroatoms. The molecular formula is C13H17NO4. The predicted molar refractivity (Wildman–Crippen MR) is 65.0 cm³/mol. The van der Waals surface area contributed by atoms with Crippen molar-refractivity contribution in [3.8, 4) is 0 Å². The van der Waals surface area contributed by atoms with Gasteiger partial charge in [0, 0.05) is 6.61 Å². The number of benzene rings is 1. The van der Waals surface area contributed by atoms with E-state index in [0.29, 0.717) is 13.0 Å². The van der Waals surface area contributed by atoms with Gasteiger partial charge >= 0.3 is 6.09 Å². The number of hydrogen-bond donors (Lipinski definition) is 2. The van der Waals surface area contributed by atoms with Crippen molar-refractivity contribution in [3.63, 3.8) is 0 Å². The molecule has 2 N–H and O–H groups in total. The Kier molecular flexibility index (Phi) is 4.55. The van der Waals surface area contributed by atoms with E-state index < -0.39 is 12.2 Å². The third kappa shape index (κ3) is 3.72. The Morgan fingerprint density at radius 3 is 2.94 bits per heavy atom. The highest BCUT2D eigenvalue weighted by molar-refractivity contribution is 5.67. The molecule has 0 spiro atoms. The van der Waals surface area contributed by atoms with Gasteiger partial charge in [-0.2, -0.15) is 0 Å². The molecule has 0 aliphatic carbocycles. The first-order valence-electron chi connectivity index (χ1n) is 5.99. The second kappa shape index (κ2) is 6.37. The molecule has 1 aromatic carbocycles. The number of carbonyl (C=O) groups excluding carboxylic acids is 1. The van der Waals surface area contributed by atoms with Gasteiger partial charge in [0.05, 0.1) is 18.8 Å². The number of ether oxygens (including phenoxy) is 2. The molecule has 0 bridgehead atoms. The quantitative estimate of drug-likeness (QED) is 0.843. The molecule has 2 rings (SSSR count). The number of aliphatic hydroxyl groups excluding tert-OH is 1. The second-order valence-electron chi connectivity index (χ2n) is 4.24. The van der Waals surface area contributed by atoms with Crippen LogP contribution in [0.15, 0.2) is 30.3 Å². The van der Waals surface area contributed by atoms with Crippen LogP contribution in [0.1, 0.15) is 12.0 Å². The lowest BCUT2D eigenvalue weighted by molar-refractivity contribution is -0.0274. The maximum atomic E-state index is 11.5. The maximum absolute atomic E-state index is 11.5. The molecule has 0 saturated carbocycles. The molecule has 1 aliphatic heterocycles. The number of nitrogens with one attached hydrogen (secondary N) is 1. The normalized spacial score (nSPS) is 23.4. The van der Waals surface area contributed by atoms with Crippen molar-refractivity contribution in [3.05, 3.63) is 35.9 Å². The molecule has 98 valence electrons. The number of alkyl carbamates (subject to hydrolysis) is 1. The predicted octanol–water partition coefficient (Wildman–Crippen LogP) is 1.06. The Morgan fingerprint density at radius 2 is 2.22 bits per heavy atom.